The van der Waals surface area contributed by atoms with Crippen molar-refractivity contribution in [2.45, 2.75) is 157 Å². The standard InChI is InChI=1S/C28H40N4.C26H34N4/c1-23-29(3)25-17-11-13-19-27(25)31(23)21-15-9-7-5-6-8-10-16-22-32-24(2)30(4)26-18-12-14-20-28(26)32;1-21-27-23-15-9-11-17-25(23)29(21)19-13-7-5-3-4-6-8-14-20-30-22(2)28-24-16-10-12-18-26(24)30/h11-14,17-20H,5-10,15-16,21-22H2,1-4H3;9-12,15-18H,3-8,13-14,19-20H2,1-2H3/q+2;. The summed E-state index contributed by atoms with van der Waals surface area (Å²) >= 11 is 0. The van der Waals surface area contributed by atoms with E-state index in [9.17, 15) is 0 Å². The first-order chi connectivity index (χ1) is 30.3. The Morgan fingerprint density at radius 1 is 0.339 bits per heavy atom. The van der Waals surface area contributed by atoms with E-state index in [-0.39, 0.29) is 0 Å². The molecule has 8 aromatic rings. The monoisotopic (exact) mass is 835 g/mol. The summed E-state index contributed by atoms with van der Waals surface area (Å²) in [7, 11) is 4.35. The third-order valence-corrected chi connectivity index (χ3v) is 13.5. The lowest BCUT2D eigenvalue weighted by molar-refractivity contribution is -0.652. The van der Waals surface area contributed by atoms with Crippen LogP contribution in [-0.2, 0) is 40.3 Å². The lowest BCUT2D eigenvalue weighted by atomic mass is 10.1. The lowest BCUT2D eigenvalue weighted by Crippen LogP contribution is -2.30. The molecule has 328 valence electrons. The maximum absolute atomic E-state index is 4.67. The first-order valence-corrected chi connectivity index (χ1v) is 24.0. The SMILES string of the molecule is Cc1n(CCCCCCCCCCn2c(C)[n+](C)c3ccccc32)c2ccccc2[n+]1C.Cc1nc2ccccc2n1CCCCCCCCCCn1c(C)nc2ccccc21. The number of fused-ring (bicyclic) bond motifs is 4. The van der Waals surface area contributed by atoms with E-state index in [1.54, 1.807) is 0 Å². The van der Waals surface area contributed by atoms with Gasteiger partial charge in [0, 0.05) is 26.9 Å². The largest absolute Gasteiger partial charge is 0.328 e. The molecule has 8 rings (SSSR count). The summed E-state index contributed by atoms with van der Waals surface area (Å²) in [6, 6.07) is 34.4. The Hall–Kier alpha value is -5.24. The Kier molecular flexibility index (Phi) is 16.1. The Labute approximate surface area is 371 Å². The maximum atomic E-state index is 4.67. The van der Waals surface area contributed by atoms with Gasteiger partial charge in [-0.15, -0.1) is 0 Å². The van der Waals surface area contributed by atoms with Crippen LogP contribution < -0.4 is 9.13 Å². The second-order valence-corrected chi connectivity index (χ2v) is 17.7. The van der Waals surface area contributed by atoms with Crippen LogP contribution in [-0.4, -0.2) is 28.2 Å². The van der Waals surface area contributed by atoms with Crippen molar-refractivity contribution in [2.24, 2.45) is 14.1 Å². The predicted octanol–water partition coefficient (Wildman–Crippen LogP) is 12.5. The Bertz CT molecular complexity index is 2450. The van der Waals surface area contributed by atoms with E-state index in [0.717, 1.165) is 48.9 Å². The molecule has 0 radical (unpaired) electrons. The maximum Gasteiger partial charge on any atom is 0.253 e. The molecule has 4 heterocycles. The van der Waals surface area contributed by atoms with E-state index in [0.29, 0.717) is 0 Å². The molecule has 0 atom stereocenters. The zero-order valence-corrected chi connectivity index (χ0v) is 39.0. The summed E-state index contributed by atoms with van der Waals surface area (Å²) in [4.78, 5) is 9.34. The molecule has 0 unspecified atom stereocenters. The van der Waals surface area contributed by atoms with Crippen molar-refractivity contribution in [3.8, 4) is 0 Å². The van der Waals surface area contributed by atoms with Crippen LogP contribution in [0.5, 0.6) is 0 Å². The number of imidazole rings is 4. The molecule has 8 heteroatoms. The van der Waals surface area contributed by atoms with E-state index in [1.165, 1.54) is 147 Å². The fourth-order valence-corrected chi connectivity index (χ4v) is 9.73. The molecule has 0 saturated heterocycles. The molecular formula is C54H74N8+2. The van der Waals surface area contributed by atoms with Gasteiger partial charge >= 0.3 is 0 Å². The van der Waals surface area contributed by atoms with Crippen LogP contribution in [0, 0.1) is 27.7 Å². The Morgan fingerprint density at radius 3 is 0.968 bits per heavy atom. The number of unbranched alkanes of at least 4 members (excludes halogenated alkanes) is 14. The second kappa shape index (κ2) is 22.2. The minimum Gasteiger partial charge on any atom is -0.328 e. The van der Waals surface area contributed by atoms with Gasteiger partial charge in [0.25, 0.3) is 11.6 Å². The smallest absolute Gasteiger partial charge is 0.253 e. The normalized spacial score (nSPS) is 11.7. The number of benzene rings is 4. The number of nitrogens with zero attached hydrogens (tertiary/aromatic N) is 8. The van der Waals surface area contributed by atoms with Crippen LogP contribution in [0.2, 0.25) is 0 Å². The molecule has 0 aliphatic heterocycles. The topological polar surface area (TPSA) is 53.3 Å². The average molecular weight is 835 g/mol. The molecule has 0 fully saturated rings. The molecule has 0 bridgehead atoms. The van der Waals surface area contributed by atoms with Crippen molar-refractivity contribution in [2.75, 3.05) is 0 Å². The highest BCUT2D eigenvalue weighted by Crippen LogP contribution is 2.21. The quantitative estimate of drug-likeness (QED) is 0.0504. The second-order valence-electron chi connectivity index (χ2n) is 17.7. The fraction of sp³-hybridized carbons (Fsp3) is 0.481. The Morgan fingerprint density at radius 2 is 0.613 bits per heavy atom. The van der Waals surface area contributed by atoms with Crippen molar-refractivity contribution in [1.82, 2.24) is 28.2 Å². The molecule has 0 amide bonds. The molecule has 4 aromatic carbocycles. The highest BCUT2D eigenvalue weighted by molar-refractivity contribution is 5.76. The van der Waals surface area contributed by atoms with Crippen molar-refractivity contribution < 1.29 is 9.13 Å². The highest BCUT2D eigenvalue weighted by atomic mass is 15.2. The van der Waals surface area contributed by atoms with E-state index in [2.05, 4.69) is 176 Å². The van der Waals surface area contributed by atoms with Crippen molar-refractivity contribution in [3.05, 3.63) is 120 Å². The first kappa shape index (κ1) is 44.8. The van der Waals surface area contributed by atoms with Gasteiger partial charge in [0.05, 0.1) is 49.3 Å². The predicted molar refractivity (Wildman–Crippen MR) is 259 cm³/mol. The van der Waals surface area contributed by atoms with Gasteiger partial charge in [-0.25, -0.2) is 28.2 Å². The van der Waals surface area contributed by atoms with Gasteiger partial charge in [-0.3, -0.25) is 0 Å². The van der Waals surface area contributed by atoms with Crippen molar-refractivity contribution >= 4 is 44.1 Å². The number of para-hydroxylation sites is 8. The van der Waals surface area contributed by atoms with E-state index in [1.807, 2.05) is 0 Å². The number of rotatable bonds is 22. The van der Waals surface area contributed by atoms with Gasteiger partial charge in [-0.1, -0.05) is 113 Å². The van der Waals surface area contributed by atoms with Gasteiger partial charge in [0.15, 0.2) is 22.1 Å². The van der Waals surface area contributed by atoms with Gasteiger partial charge < -0.3 is 9.13 Å². The molecule has 4 aromatic heterocycles. The molecular weight excluding hydrogens is 761 g/mol. The zero-order valence-electron chi connectivity index (χ0n) is 39.0. The molecule has 8 nitrogen and oxygen atoms in total. The minimum absolute atomic E-state index is 1.09. The number of hydrogen-bond acceptors (Lipinski definition) is 2. The van der Waals surface area contributed by atoms with Crippen LogP contribution in [0.3, 0.4) is 0 Å². The highest BCUT2D eigenvalue weighted by Gasteiger charge is 2.19. The minimum atomic E-state index is 1.09. The van der Waals surface area contributed by atoms with Crippen LogP contribution in [0.15, 0.2) is 97.1 Å². The molecule has 0 N–H and O–H groups in total. The number of aryl methyl sites for hydroxylation is 8. The number of hydrogen-bond donors (Lipinski definition) is 0. The van der Waals surface area contributed by atoms with Crippen LogP contribution >= 0.6 is 0 Å². The van der Waals surface area contributed by atoms with Gasteiger partial charge in [-0.05, 0) is 101 Å². The summed E-state index contributed by atoms with van der Waals surface area (Å²) < 4.78 is 14.3. The third-order valence-electron chi connectivity index (χ3n) is 13.5. The van der Waals surface area contributed by atoms with Gasteiger partial charge in [-0.2, -0.15) is 0 Å². The molecule has 62 heavy (non-hydrogen) atoms. The first-order valence-electron chi connectivity index (χ1n) is 24.0. The van der Waals surface area contributed by atoms with Gasteiger partial charge in [0.2, 0.25) is 0 Å². The lowest BCUT2D eigenvalue weighted by Gasteiger charge is -2.08. The van der Waals surface area contributed by atoms with Crippen LogP contribution in [0.4, 0.5) is 0 Å². The summed E-state index contributed by atoms with van der Waals surface area (Å²) in [6.07, 6.45) is 21.2. The van der Waals surface area contributed by atoms with E-state index >= 15 is 0 Å². The average Bonchev–Trinajstić information content (AvgIpc) is 3.95. The summed E-state index contributed by atoms with van der Waals surface area (Å²) in [5.41, 5.74) is 10.2. The summed E-state index contributed by atoms with van der Waals surface area (Å²) in [5, 5.41) is 0. The Balaban J connectivity index is 0.000000187. The van der Waals surface area contributed by atoms with E-state index < -0.39 is 0 Å². The molecule has 0 spiro atoms. The zero-order chi connectivity index (χ0) is 43.3. The fourth-order valence-electron chi connectivity index (χ4n) is 9.73. The van der Waals surface area contributed by atoms with Crippen LogP contribution in [0.25, 0.3) is 44.1 Å². The van der Waals surface area contributed by atoms with Gasteiger partial charge in [0.1, 0.15) is 11.6 Å². The number of aromatic nitrogens is 8. The molecule has 0 aliphatic rings. The molecule has 0 aliphatic carbocycles. The summed E-state index contributed by atoms with van der Waals surface area (Å²) in [5.74, 6) is 4.98. The van der Waals surface area contributed by atoms with E-state index in [4.69, 9.17) is 0 Å². The van der Waals surface area contributed by atoms with Crippen LogP contribution in [0.1, 0.15) is 126 Å². The third kappa shape index (κ3) is 10.9. The van der Waals surface area contributed by atoms with Crippen molar-refractivity contribution in [3.63, 3.8) is 0 Å². The summed E-state index contributed by atoms with van der Waals surface area (Å²) in [6.45, 7) is 13.1. The molecule has 0 saturated carbocycles. The van der Waals surface area contributed by atoms with Crippen molar-refractivity contribution in [1.29, 1.82) is 0 Å².